The standard InChI is InChI=1S/C16H18N4O/c1-11-15(10-17-18-16(21)13-8-9-13)12(2)20(19-11)14-6-4-3-5-7-14/h3-7,10,13H,8-9H2,1-2H3,(H,18,21)/b17-10+. The number of hydrazone groups is 1. The van der Waals surface area contributed by atoms with E-state index in [4.69, 9.17) is 0 Å². The molecule has 1 aliphatic carbocycles. The van der Waals surface area contributed by atoms with E-state index in [-0.39, 0.29) is 11.8 Å². The van der Waals surface area contributed by atoms with Crippen LogP contribution in [0, 0.1) is 19.8 Å². The van der Waals surface area contributed by atoms with Gasteiger partial charge in [0.15, 0.2) is 0 Å². The zero-order valence-corrected chi connectivity index (χ0v) is 12.2. The Kier molecular flexibility index (Phi) is 3.56. The van der Waals surface area contributed by atoms with Crippen molar-refractivity contribution in [2.75, 3.05) is 0 Å². The predicted molar refractivity (Wildman–Crippen MR) is 81.5 cm³/mol. The van der Waals surface area contributed by atoms with Crippen LogP contribution in [0.2, 0.25) is 0 Å². The summed E-state index contributed by atoms with van der Waals surface area (Å²) in [5.74, 6) is 0.174. The molecule has 3 rings (SSSR count). The first kappa shape index (κ1) is 13.5. The van der Waals surface area contributed by atoms with Gasteiger partial charge in [-0.3, -0.25) is 4.79 Å². The number of hydrogen-bond acceptors (Lipinski definition) is 3. The second-order valence-electron chi connectivity index (χ2n) is 5.34. The summed E-state index contributed by atoms with van der Waals surface area (Å²) in [4.78, 5) is 11.5. The van der Waals surface area contributed by atoms with Crippen LogP contribution in [-0.4, -0.2) is 21.9 Å². The van der Waals surface area contributed by atoms with Crippen LogP contribution in [0.5, 0.6) is 0 Å². The number of nitrogens with zero attached hydrogens (tertiary/aromatic N) is 3. The fraction of sp³-hybridized carbons (Fsp3) is 0.312. The first-order valence-electron chi connectivity index (χ1n) is 7.11. The van der Waals surface area contributed by atoms with E-state index in [0.29, 0.717) is 0 Å². The summed E-state index contributed by atoms with van der Waals surface area (Å²) < 4.78 is 1.89. The average molecular weight is 282 g/mol. The second-order valence-corrected chi connectivity index (χ2v) is 5.34. The Morgan fingerprint density at radius 1 is 1.33 bits per heavy atom. The predicted octanol–water partition coefficient (Wildman–Crippen LogP) is 2.35. The molecule has 5 heteroatoms. The summed E-state index contributed by atoms with van der Waals surface area (Å²) in [6, 6.07) is 9.96. The Bertz CT molecular complexity index is 684. The molecule has 1 N–H and O–H groups in total. The van der Waals surface area contributed by atoms with E-state index in [1.807, 2.05) is 48.9 Å². The minimum absolute atomic E-state index is 0.0111. The molecule has 0 saturated heterocycles. The summed E-state index contributed by atoms with van der Waals surface area (Å²) in [6.45, 7) is 3.94. The lowest BCUT2D eigenvalue weighted by Gasteiger charge is -2.03. The van der Waals surface area contributed by atoms with E-state index in [1.54, 1.807) is 6.21 Å². The summed E-state index contributed by atoms with van der Waals surface area (Å²) in [5.41, 5.74) is 6.44. The van der Waals surface area contributed by atoms with Gasteiger partial charge in [-0.2, -0.15) is 10.2 Å². The number of para-hydroxylation sites is 1. The summed E-state index contributed by atoms with van der Waals surface area (Å²) >= 11 is 0. The molecule has 1 heterocycles. The minimum Gasteiger partial charge on any atom is -0.273 e. The molecule has 0 aliphatic heterocycles. The third-order valence-corrected chi connectivity index (χ3v) is 3.66. The topological polar surface area (TPSA) is 59.3 Å². The van der Waals surface area contributed by atoms with Crippen molar-refractivity contribution in [1.29, 1.82) is 0 Å². The Hall–Kier alpha value is -2.43. The van der Waals surface area contributed by atoms with E-state index < -0.39 is 0 Å². The van der Waals surface area contributed by atoms with E-state index in [1.165, 1.54) is 0 Å². The minimum atomic E-state index is 0.0111. The molecule has 0 atom stereocenters. The number of rotatable bonds is 4. The van der Waals surface area contributed by atoms with Gasteiger partial charge in [-0.05, 0) is 38.8 Å². The van der Waals surface area contributed by atoms with Gasteiger partial charge in [0.25, 0.3) is 0 Å². The van der Waals surface area contributed by atoms with Crippen molar-refractivity contribution in [2.24, 2.45) is 11.0 Å². The molecule has 1 fully saturated rings. The third kappa shape index (κ3) is 2.86. The van der Waals surface area contributed by atoms with Gasteiger partial charge in [0.05, 0.1) is 23.3 Å². The largest absolute Gasteiger partial charge is 0.273 e. The number of aromatic nitrogens is 2. The van der Waals surface area contributed by atoms with Crippen molar-refractivity contribution < 1.29 is 4.79 Å². The van der Waals surface area contributed by atoms with Crippen molar-refractivity contribution in [3.63, 3.8) is 0 Å². The van der Waals surface area contributed by atoms with Crippen molar-refractivity contribution >= 4 is 12.1 Å². The highest BCUT2D eigenvalue weighted by molar-refractivity contribution is 5.86. The van der Waals surface area contributed by atoms with Gasteiger partial charge in [0.1, 0.15) is 0 Å². The van der Waals surface area contributed by atoms with E-state index in [9.17, 15) is 4.79 Å². The Balaban J connectivity index is 1.81. The lowest BCUT2D eigenvalue weighted by molar-refractivity contribution is -0.122. The second kappa shape index (κ2) is 5.52. The molecular weight excluding hydrogens is 264 g/mol. The number of aryl methyl sites for hydroxylation is 1. The molecule has 0 spiro atoms. The number of nitrogens with one attached hydrogen (secondary N) is 1. The Morgan fingerprint density at radius 3 is 2.71 bits per heavy atom. The molecule has 108 valence electrons. The molecule has 1 saturated carbocycles. The summed E-state index contributed by atoms with van der Waals surface area (Å²) in [6.07, 6.45) is 3.63. The highest BCUT2D eigenvalue weighted by atomic mass is 16.2. The maximum Gasteiger partial charge on any atom is 0.243 e. The molecular formula is C16H18N4O. The van der Waals surface area contributed by atoms with Gasteiger partial charge in [-0.15, -0.1) is 0 Å². The lowest BCUT2D eigenvalue weighted by Crippen LogP contribution is -2.19. The average Bonchev–Trinajstić information content (AvgIpc) is 3.30. The van der Waals surface area contributed by atoms with Crippen LogP contribution in [0.25, 0.3) is 5.69 Å². The quantitative estimate of drug-likeness (QED) is 0.691. The number of hydrogen-bond donors (Lipinski definition) is 1. The van der Waals surface area contributed by atoms with Crippen LogP contribution in [0.4, 0.5) is 0 Å². The van der Waals surface area contributed by atoms with Crippen LogP contribution < -0.4 is 5.43 Å². The van der Waals surface area contributed by atoms with Crippen LogP contribution in [0.3, 0.4) is 0 Å². The Labute approximate surface area is 123 Å². The molecule has 0 radical (unpaired) electrons. The molecule has 0 unspecified atom stereocenters. The van der Waals surface area contributed by atoms with E-state index in [2.05, 4.69) is 15.6 Å². The number of benzene rings is 1. The zero-order valence-electron chi connectivity index (χ0n) is 12.2. The number of carbonyl (C=O) groups is 1. The first-order chi connectivity index (χ1) is 10.2. The van der Waals surface area contributed by atoms with Gasteiger partial charge >= 0.3 is 0 Å². The van der Waals surface area contributed by atoms with Gasteiger partial charge in [-0.25, -0.2) is 10.1 Å². The van der Waals surface area contributed by atoms with Crippen molar-refractivity contribution in [2.45, 2.75) is 26.7 Å². The van der Waals surface area contributed by atoms with E-state index >= 15 is 0 Å². The van der Waals surface area contributed by atoms with Crippen molar-refractivity contribution in [3.05, 3.63) is 47.3 Å². The fourth-order valence-corrected chi connectivity index (χ4v) is 2.26. The monoisotopic (exact) mass is 282 g/mol. The molecule has 0 bridgehead atoms. The van der Waals surface area contributed by atoms with Crippen LogP contribution >= 0.6 is 0 Å². The molecule has 1 aromatic heterocycles. The Morgan fingerprint density at radius 2 is 2.05 bits per heavy atom. The smallest absolute Gasteiger partial charge is 0.243 e. The van der Waals surface area contributed by atoms with Gasteiger partial charge in [0, 0.05) is 11.5 Å². The van der Waals surface area contributed by atoms with Gasteiger partial charge < -0.3 is 0 Å². The van der Waals surface area contributed by atoms with Gasteiger partial charge in [0.2, 0.25) is 5.91 Å². The normalized spacial score (nSPS) is 14.6. The molecule has 1 aromatic carbocycles. The zero-order chi connectivity index (χ0) is 14.8. The highest BCUT2D eigenvalue weighted by Gasteiger charge is 2.29. The lowest BCUT2D eigenvalue weighted by atomic mass is 10.2. The van der Waals surface area contributed by atoms with Crippen molar-refractivity contribution in [1.82, 2.24) is 15.2 Å². The van der Waals surface area contributed by atoms with Gasteiger partial charge in [-0.1, -0.05) is 18.2 Å². The van der Waals surface area contributed by atoms with Crippen LogP contribution in [0.15, 0.2) is 35.4 Å². The summed E-state index contributed by atoms with van der Waals surface area (Å²) in [5, 5.41) is 8.59. The maximum absolute atomic E-state index is 11.5. The fourth-order valence-electron chi connectivity index (χ4n) is 2.26. The molecule has 1 amide bonds. The first-order valence-corrected chi connectivity index (χ1v) is 7.11. The van der Waals surface area contributed by atoms with Crippen LogP contribution in [0.1, 0.15) is 29.8 Å². The van der Waals surface area contributed by atoms with Crippen molar-refractivity contribution in [3.8, 4) is 5.69 Å². The maximum atomic E-state index is 11.5. The van der Waals surface area contributed by atoms with Crippen LogP contribution in [-0.2, 0) is 4.79 Å². The third-order valence-electron chi connectivity index (χ3n) is 3.66. The SMILES string of the molecule is Cc1nn(-c2ccccc2)c(C)c1/C=N/NC(=O)C1CC1. The summed E-state index contributed by atoms with van der Waals surface area (Å²) in [7, 11) is 0. The number of amides is 1. The number of carbonyl (C=O) groups excluding carboxylic acids is 1. The van der Waals surface area contributed by atoms with E-state index in [0.717, 1.165) is 35.5 Å². The highest BCUT2D eigenvalue weighted by Crippen LogP contribution is 2.28. The molecule has 2 aromatic rings. The molecule has 5 nitrogen and oxygen atoms in total. The molecule has 21 heavy (non-hydrogen) atoms. The molecule has 1 aliphatic rings.